The van der Waals surface area contributed by atoms with E-state index in [4.69, 9.17) is 21.7 Å². The first-order valence-corrected chi connectivity index (χ1v) is 7.44. The zero-order chi connectivity index (χ0) is 16.1. The Balaban J connectivity index is 2.30. The summed E-state index contributed by atoms with van der Waals surface area (Å²) in [6.45, 7) is 4.42. The van der Waals surface area contributed by atoms with Crippen molar-refractivity contribution in [2.24, 2.45) is 0 Å². The number of aryl methyl sites for hydroxylation is 1. The van der Waals surface area contributed by atoms with Crippen LogP contribution in [0.2, 0.25) is 0 Å². The van der Waals surface area contributed by atoms with Crippen LogP contribution in [0, 0.1) is 6.92 Å². The number of esters is 1. The molecule has 1 aliphatic rings. The second-order valence-electron chi connectivity index (χ2n) is 5.11. The molecule has 1 aliphatic heterocycles. The van der Waals surface area contributed by atoms with Gasteiger partial charge >= 0.3 is 5.97 Å². The Labute approximate surface area is 135 Å². The highest BCUT2D eigenvalue weighted by molar-refractivity contribution is 7.80. The van der Waals surface area contributed by atoms with E-state index in [-0.39, 0.29) is 18.6 Å². The molecule has 118 valence electrons. The lowest BCUT2D eigenvalue weighted by Crippen LogP contribution is -2.45. The number of benzene rings is 1. The number of carbonyl (C=O) groups is 1. The number of ether oxygens (including phenoxy) is 2. The Bertz CT molecular complexity index is 613. The van der Waals surface area contributed by atoms with Crippen molar-refractivity contribution in [3.05, 3.63) is 46.7 Å². The molecule has 0 saturated carbocycles. The van der Waals surface area contributed by atoms with E-state index in [0.717, 1.165) is 11.1 Å². The maximum atomic E-state index is 12.4. The average molecular weight is 320 g/mol. The lowest BCUT2D eigenvalue weighted by Gasteiger charge is -2.30. The summed E-state index contributed by atoms with van der Waals surface area (Å²) >= 11 is 5.21. The fraction of sp³-hybridized carbons (Fsp3) is 0.375. The zero-order valence-corrected chi connectivity index (χ0v) is 13.8. The van der Waals surface area contributed by atoms with Crippen LogP contribution in [0.3, 0.4) is 0 Å². The second-order valence-corrected chi connectivity index (χ2v) is 5.52. The molecule has 2 rings (SSSR count). The van der Waals surface area contributed by atoms with E-state index >= 15 is 0 Å². The largest absolute Gasteiger partial charge is 0.460 e. The molecule has 5 nitrogen and oxygen atoms in total. The first-order valence-electron chi connectivity index (χ1n) is 7.04. The summed E-state index contributed by atoms with van der Waals surface area (Å²) in [7, 11) is 1.57. The van der Waals surface area contributed by atoms with Crippen LogP contribution >= 0.6 is 12.2 Å². The minimum absolute atomic E-state index is 0.219. The van der Waals surface area contributed by atoms with Crippen molar-refractivity contribution in [2.45, 2.75) is 19.9 Å². The van der Waals surface area contributed by atoms with Gasteiger partial charge in [0.25, 0.3) is 0 Å². The normalized spacial score (nSPS) is 17.8. The smallest absolute Gasteiger partial charge is 0.338 e. The van der Waals surface area contributed by atoms with Gasteiger partial charge in [-0.15, -0.1) is 0 Å². The highest BCUT2D eigenvalue weighted by atomic mass is 32.1. The van der Waals surface area contributed by atoms with Crippen molar-refractivity contribution in [1.82, 2.24) is 10.6 Å². The van der Waals surface area contributed by atoms with E-state index in [0.29, 0.717) is 23.0 Å². The lowest BCUT2D eigenvalue weighted by molar-refractivity contribution is -0.140. The van der Waals surface area contributed by atoms with E-state index in [1.165, 1.54) is 0 Å². The van der Waals surface area contributed by atoms with Gasteiger partial charge in [0.15, 0.2) is 5.11 Å². The third-order valence-corrected chi connectivity index (χ3v) is 3.61. The standard InChI is InChI=1S/C16H20N2O3S/c1-10-5-4-6-12(9-10)14-13(11(2)17-16(22)18-14)15(19)21-8-7-20-3/h4-6,9,14H,7-8H2,1-3H3,(H2,17,18,22)/t14-/m1/s1. The van der Waals surface area contributed by atoms with Gasteiger partial charge in [-0.1, -0.05) is 29.8 Å². The van der Waals surface area contributed by atoms with Crippen LogP contribution in [-0.2, 0) is 14.3 Å². The minimum Gasteiger partial charge on any atom is -0.460 e. The molecule has 0 radical (unpaired) electrons. The molecule has 2 N–H and O–H groups in total. The second kappa shape index (κ2) is 7.38. The fourth-order valence-corrected chi connectivity index (χ4v) is 2.63. The summed E-state index contributed by atoms with van der Waals surface area (Å²) in [5.41, 5.74) is 3.34. The van der Waals surface area contributed by atoms with Crippen LogP contribution in [-0.4, -0.2) is 31.4 Å². The Kier molecular flexibility index (Phi) is 5.51. The molecule has 0 amide bonds. The Morgan fingerprint density at radius 3 is 2.77 bits per heavy atom. The molecule has 22 heavy (non-hydrogen) atoms. The highest BCUT2D eigenvalue weighted by Crippen LogP contribution is 2.28. The van der Waals surface area contributed by atoms with Crippen LogP contribution < -0.4 is 10.6 Å². The maximum absolute atomic E-state index is 12.4. The molecule has 1 aromatic carbocycles. The first-order chi connectivity index (χ1) is 10.5. The van der Waals surface area contributed by atoms with Gasteiger partial charge in [0.05, 0.1) is 18.2 Å². The monoisotopic (exact) mass is 320 g/mol. The van der Waals surface area contributed by atoms with Gasteiger partial charge in [0.1, 0.15) is 6.61 Å². The topological polar surface area (TPSA) is 59.6 Å². The average Bonchev–Trinajstić information content (AvgIpc) is 2.46. The molecule has 1 heterocycles. The van der Waals surface area contributed by atoms with Gasteiger partial charge in [0.2, 0.25) is 0 Å². The number of carbonyl (C=O) groups excluding carboxylic acids is 1. The van der Waals surface area contributed by atoms with Crippen molar-refractivity contribution in [2.75, 3.05) is 20.3 Å². The number of rotatable bonds is 5. The van der Waals surface area contributed by atoms with Crippen LogP contribution in [0.25, 0.3) is 0 Å². The molecule has 0 aliphatic carbocycles. The summed E-state index contributed by atoms with van der Waals surface area (Å²) in [6.07, 6.45) is 0. The summed E-state index contributed by atoms with van der Waals surface area (Å²) in [4.78, 5) is 12.4. The number of allylic oxidation sites excluding steroid dienone is 1. The van der Waals surface area contributed by atoms with Gasteiger partial charge < -0.3 is 20.1 Å². The fourth-order valence-electron chi connectivity index (χ4n) is 2.36. The number of thiocarbonyl (C=S) groups is 1. The molecule has 0 bridgehead atoms. The van der Waals surface area contributed by atoms with Crippen LogP contribution in [0.1, 0.15) is 24.1 Å². The predicted molar refractivity (Wildman–Crippen MR) is 88.3 cm³/mol. The summed E-state index contributed by atoms with van der Waals surface area (Å²) in [6, 6.07) is 7.65. The molecule has 0 spiro atoms. The molecular formula is C16H20N2O3S. The van der Waals surface area contributed by atoms with Crippen molar-refractivity contribution in [3.8, 4) is 0 Å². The minimum atomic E-state index is -0.372. The predicted octanol–water partition coefficient (Wildman–Crippen LogP) is 1.98. The van der Waals surface area contributed by atoms with Gasteiger partial charge in [-0.2, -0.15) is 0 Å². The summed E-state index contributed by atoms with van der Waals surface area (Å²) in [5.74, 6) is -0.372. The highest BCUT2D eigenvalue weighted by Gasteiger charge is 2.30. The van der Waals surface area contributed by atoms with E-state index in [1.54, 1.807) is 7.11 Å². The number of hydrogen-bond acceptors (Lipinski definition) is 4. The van der Waals surface area contributed by atoms with Crippen molar-refractivity contribution >= 4 is 23.3 Å². The zero-order valence-electron chi connectivity index (χ0n) is 12.9. The van der Waals surface area contributed by atoms with Crippen molar-refractivity contribution in [1.29, 1.82) is 0 Å². The van der Waals surface area contributed by atoms with Gasteiger partial charge in [0, 0.05) is 12.8 Å². The van der Waals surface area contributed by atoms with Crippen LogP contribution in [0.4, 0.5) is 0 Å². The third-order valence-electron chi connectivity index (χ3n) is 3.39. The molecule has 6 heteroatoms. The SMILES string of the molecule is COCCOC(=O)C1=C(C)NC(=S)N[C@@H]1c1cccc(C)c1. The number of nitrogens with one attached hydrogen (secondary N) is 2. The lowest BCUT2D eigenvalue weighted by atomic mass is 9.94. The van der Waals surface area contributed by atoms with Gasteiger partial charge in [-0.25, -0.2) is 4.79 Å². The Morgan fingerprint density at radius 2 is 2.09 bits per heavy atom. The van der Waals surface area contributed by atoms with Crippen molar-refractivity contribution in [3.63, 3.8) is 0 Å². The van der Waals surface area contributed by atoms with Gasteiger partial charge in [-0.3, -0.25) is 0 Å². The summed E-state index contributed by atoms with van der Waals surface area (Å²) < 4.78 is 10.2. The van der Waals surface area contributed by atoms with E-state index in [9.17, 15) is 4.79 Å². The third kappa shape index (κ3) is 3.84. The maximum Gasteiger partial charge on any atom is 0.338 e. The quantitative estimate of drug-likeness (QED) is 0.491. The molecular weight excluding hydrogens is 300 g/mol. The van der Waals surface area contributed by atoms with Gasteiger partial charge in [-0.05, 0) is 31.6 Å². The molecule has 0 fully saturated rings. The molecule has 0 aromatic heterocycles. The van der Waals surface area contributed by atoms with E-state index in [1.807, 2.05) is 38.1 Å². The Morgan fingerprint density at radius 1 is 1.32 bits per heavy atom. The number of hydrogen-bond donors (Lipinski definition) is 2. The summed E-state index contributed by atoms with van der Waals surface area (Å²) in [5, 5.41) is 6.62. The molecule has 0 saturated heterocycles. The van der Waals surface area contributed by atoms with Crippen LogP contribution in [0.5, 0.6) is 0 Å². The van der Waals surface area contributed by atoms with Crippen molar-refractivity contribution < 1.29 is 14.3 Å². The van der Waals surface area contributed by atoms with E-state index in [2.05, 4.69) is 10.6 Å². The number of methoxy groups -OCH3 is 1. The van der Waals surface area contributed by atoms with E-state index < -0.39 is 0 Å². The first kappa shape index (κ1) is 16.5. The Hall–Kier alpha value is -1.92. The molecule has 1 aromatic rings. The molecule has 1 atom stereocenters. The van der Waals surface area contributed by atoms with Crippen LogP contribution in [0.15, 0.2) is 35.5 Å². The molecule has 0 unspecified atom stereocenters.